The minimum Gasteiger partial charge on any atom is -0.310 e. The van der Waals surface area contributed by atoms with Crippen molar-refractivity contribution in [3.05, 3.63) is 230 Å². The molecule has 12 rings (SSSR count). The number of fused-ring (bicyclic) bond motifs is 5. The Morgan fingerprint density at radius 3 is 1.31 bits per heavy atom. The quantitative estimate of drug-likeness (QED) is 0.145. The summed E-state index contributed by atoms with van der Waals surface area (Å²) in [4.78, 5) is 14.7. The Morgan fingerprint density at radius 2 is 0.754 bits per heavy atom. The SMILES string of the molecule is CC1(C)c2cc(-c3ccc(N(c4ccccc4)c4cccc(-c5nc6ccccc6s5)c4)cc3)ccc2-c2ccc(N(c3ccccc3)c3cccc(-c4nc5ccccc5s4)c3)cc21. The van der Waals surface area contributed by atoms with Crippen LogP contribution in [0.4, 0.5) is 34.1 Å². The van der Waals surface area contributed by atoms with Gasteiger partial charge >= 0.3 is 0 Å². The van der Waals surface area contributed by atoms with Gasteiger partial charge in [-0.3, -0.25) is 0 Å². The Bertz CT molecular complexity index is 3470. The van der Waals surface area contributed by atoms with Crippen LogP contribution >= 0.6 is 22.7 Å². The summed E-state index contributed by atoms with van der Waals surface area (Å²) in [6.45, 7) is 4.74. The van der Waals surface area contributed by atoms with Crippen LogP contribution in [0.1, 0.15) is 25.0 Å². The van der Waals surface area contributed by atoms with Gasteiger partial charge in [0.05, 0.1) is 20.4 Å². The molecule has 2 aromatic heterocycles. The third-order valence-corrected chi connectivity index (χ3v) is 14.9. The first-order valence-corrected chi connectivity index (χ1v) is 23.6. The molecule has 1 aliphatic rings. The molecule has 9 aromatic carbocycles. The summed E-state index contributed by atoms with van der Waals surface area (Å²) < 4.78 is 2.39. The van der Waals surface area contributed by atoms with Gasteiger partial charge in [-0.2, -0.15) is 0 Å². The topological polar surface area (TPSA) is 32.3 Å². The van der Waals surface area contributed by atoms with Crippen LogP contribution in [-0.4, -0.2) is 9.97 Å². The number of hydrogen-bond acceptors (Lipinski definition) is 6. The van der Waals surface area contributed by atoms with Crippen molar-refractivity contribution < 1.29 is 0 Å². The van der Waals surface area contributed by atoms with E-state index in [0.29, 0.717) is 0 Å². The fourth-order valence-electron chi connectivity index (χ4n) is 9.44. The molecule has 0 atom stereocenters. The van der Waals surface area contributed by atoms with Crippen LogP contribution in [0.3, 0.4) is 0 Å². The fourth-order valence-corrected chi connectivity index (χ4v) is 11.4. The first kappa shape index (κ1) is 39.0. The molecular weight excluding hydrogens is 829 g/mol. The number of rotatable bonds is 9. The summed E-state index contributed by atoms with van der Waals surface area (Å²) in [6.07, 6.45) is 0. The van der Waals surface area contributed by atoms with Crippen molar-refractivity contribution in [2.75, 3.05) is 9.80 Å². The lowest BCUT2D eigenvalue weighted by Crippen LogP contribution is -2.16. The highest BCUT2D eigenvalue weighted by Crippen LogP contribution is 2.52. The molecule has 2 heterocycles. The van der Waals surface area contributed by atoms with Crippen LogP contribution in [-0.2, 0) is 5.41 Å². The molecule has 65 heavy (non-hydrogen) atoms. The number of hydrogen-bond donors (Lipinski definition) is 0. The zero-order chi connectivity index (χ0) is 43.5. The van der Waals surface area contributed by atoms with Gasteiger partial charge in [0, 0.05) is 50.7 Å². The molecule has 0 spiro atoms. The van der Waals surface area contributed by atoms with Crippen molar-refractivity contribution in [1.82, 2.24) is 9.97 Å². The van der Waals surface area contributed by atoms with Crippen molar-refractivity contribution >= 4 is 77.2 Å². The second-order valence-corrected chi connectivity index (χ2v) is 19.1. The molecule has 0 radical (unpaired) electrons. The number of aromatic nitrogens is 2. The maximum atomic E-state index is 5.00. The summed E-state index contributed by atoms with van der Waals surface area (Å²) in [6, 6.07) is 78.6. The number of anilines is 6. The van der Waals surface area contributed by atoms with Crippen LogP contribution in [0.25, 0.3) is 63.8 Å². The minimum atomic E-state index is -0.222. The summed E-state index contributed by atoms with van der Waals surface area (Å²) in [7, 11) is 0. The number of para-hydroxylation sites is 4. The molecule has 0 fully saturated rings. The highest BCUT2D eigenvalue weighted by molar-refractivity contribution is 7.22. The zero-order valence-corrected chi connectivity index (χ0v) is 37.5. The molecule has 11 aromatic rings. The molecular formula is C59H42N4S2. The van der Waals surface area contributed by atoms with Crippen LogP contribution in [0.2, 0.25) is 0 Å². The van der Waals surface area contributed by atoms with Gasteiger partial charge in [0.2, 0.25) is 0 Å². The van der Waals surface area contributed by atoms with Gasteiger partial charge in [0.25, 0.3) is 0 Å². The van der Waals surface area contributed by atoms with Crippen LogP contribution in [0, 0.1) is 0 Å². The molecule has 0 aliphatic heterocycles. The average Bonchev–Trinajstić information content (AvgIpc) is 4.06. The van der Waals surface area contributed by atoms with Crippen molar-refractivity contribution in [3.8, 4) is 43.4 Å². The third-order valence-electron chi connectivity index (χ3n) is 12.7. The van der Waals surface area contributed by atoms with E-state index >= 15 is 0 Å². The molecule has 1 aliphatic carbocycles. The van der Waals surface area contributed by atoms with Gasteiger partial charge in [-0.15, -0.1) is 22.7 Å². The zero-order valence-electron chi connectivity index (χ0n) is 35.9. The normalized spacial score (nSPS) is 12.6. The maximum absolute atomic E-state index is 5.00. The molecule has 0 unspecified atom stereocenters. The van der Waals surface area contributed by atoms with E-state index in [1.807, 2.05) is 0 Å². The standard InChI is InChI=1S/C59H42N4S2/c1-59(2)51-37-40(39-27-30-45(31-28-39)62(43-17-5-3-6-18-43)46-21-13-15-41(35-46)57-60-53-23-9-11-25-55(53)64-57)29-33-49(51)50-34-32-48(38-52(50)59)63(44-19-7-4-8-20-44)47-22-14-16-42(36-47)58-61-54-24-10-12-26-56(54)65-58/h3-38H,1-2H3. The second kappa shape index (κ2) is 15.9. The third kappa shape index (κ3) is 6.99. The van der Waals surface area contributed by atoms with E-state index in [-0.39, 0.29) is 5.41 Å². The lowest BCUT2D eigenvalue weighted by Gasteiger charge is -2.28. The maximum Gasteiger partial charge on any atom is 0.124 e. The minimum absolute atomic E-state index is 0.222. The lowest BCUT2D eigenvalue weighted by atomic mass is 9.81. The van der Waals surface area contributed by atoms with Gasteiger partial charge in [0.15, 0.2) is 0 Å². The Labute approximate surface area is 387 Å². The van der Waals surface area contributed by atoms with E-state index in [1.54, 1.807) is 22.7 Å². The summed E-state index contributed by atoms with van der Waals surface area (Å²) in [5.41, 5.74) is 18.3. The molecule has 310 valence electrons. The van der Waals surface area contributed by atoms with E-state index in [4.69, 9.17) is 9.97 Å². The van der Waals surface area contributed by atoms with Crippen molar-refractivity contribution in [2.24, 2.45) is 0 Å². The molecule has 0 saturated heterocycles. The van der Waals surface area contributed by atoms with Crippen molar-refractivity contribution in [2.45, 2.75) is 19.3 Å². The highest BCUT2D eigenvalue weighted by Gasteiger charge is 2.36. The highest BCUT2D eigenvalue weighted by atomic mass is 32.1. The largest absolute Gasteiger partial charge is 0.310 e. The van der Waals surface area contributed by atoms with E-state index in [1.165, 1.54) is 42.8 Å². The average molecular weight is 871 g/mol. The Kier molecular flexibility index (Phi) is 9.51. The fraction of sp³-hybridized carbons (Fsp3) is 0.0508. The predicted octanol–water partition coefficient (Wildman–Crippen LogP) is 17.2. The molecule has 0 bridgehead atoms. The number of thiazole rings is 2. The van der Waals surface area contributed by atoms with Gasteiger partial charge in [-0.05, 0) is 137 Å². The van der Waals surface area contributed by atoms with Crippen LogP contribution in [0.15, 0.2) is 218 Å². The molecule has 6 heteroatoms. The smallest absolute Gasteiger partial charge is 0.124 e. The second-order valence-electron chi connectivity index (χ2n) is 17.1. The van der Waals surface area contributed by atoms with E-state index in [2.05, 4.69) is 242 Å². The summed E-state index contributed by atoms with van der Waals surface area (Å²) in [5.74, 6) is 0. The van der Waals surface area contributed by atoms with Crippen molar-refractivity contribution in [3.63, 3.8) is 0 Å². The Hall–Kier alpha value is -7.64. The number of nitrogens with zero attached hydrogens (tertiary/aromatic N) is 4. The van der Waals surface area contributed by atoms with E-state index < -0.39 is 0 Å². The monoisotopic (exact) mass is 870 g/mol. The van der Waals surface area contributed by atoms with Gasteiger partial charge in [-0.1, -0.05) is 129 Å². The van der Waals surface area contributed by atoms with Crippen molar-refractivity contribution in [1.29, 1.82) is 0 Å². The Morgan fingerprint density at radius 1 is 0.338 bits per heavy atom. The molecule has 0 N–H and O–H groups in total. The van der Waals surface area contributed by atoms with Gasteiger partial charge < -0.3 is 9.80 Å². The first-order chi connectivity index (χ1) is 31.9. The van der Waals surface area contributed by atoms with E-state index in [0.717, 1.165) is 66.3 Å². The Balaban J connectivity index is 0.869. The van der Waals surface area contributed by atoms with Gasteiger partial charge in [-0.25, -0.2) is 9.97 Å². The molecule has 0 amide bonds. The predicted molar refractivity (Wildman–Crippen MR) is 276 cm³/mol. The number of benzene rings is 9. The summed E-state index contributed by atoms with van der Waals surface area (Å²) in [5, 5.41) is 2.05. The lowest BCUT2D eigenvalue weighted by molar-refractivity contribution is 0.660. The van der Waals surface area contributed by atoms with Crippen LogP contribution in [0.5, 0.6) is 0 Å². The first-order valence-electron chi connectivity index (χ1n) is 22.0. The van der Waals surface area contributed by atoms with Crippen LogP contribution < -0.4 is 9.80 Å². The molecule has 0 saturated carbocycles. The summed E-state index contributed by atoms with van der Waals surface area (Å²) >= 11 is 3.47. The molecule has 4 nitrogen and oxygen atoms in total. The van der Waals surface area contributed by atoms with Gasteiger partial charge in [0.1, 0.15) is 10.0 Å². The van der Waals surface area contributed by atoms with E-state index in [9.17, 15) is 0 Å².